The van der Waals surface area contributed by atoms with E-state index in [0.717, 1.165) is 55.4 Å². The molecule has 4 aliphatic rings. The summed E-state index contributed by atoms with van der Waals surface area (Å²) in [5.41, 5.74) is 5.33. The van der Waals surface area contributed by atoms with E-state index in [1.54, 1.807) is 0 Å². The highest BCUT2D eigenvalue weighted by atomic mass is 16.7. The molecule has 11 unspecified atom stereocenters. The van der Waals surface area contributed by atoms with Gasteiger partial charge in [0, 0.05) is 68.5 Å². The zero-order valence-electron chi connectivity index (χ0n) is 50.6. The van der Waals surface area contributed by atoms with Gasteiger partial charge in [-0.05, 0) is 46.5 Å². The minimum Gasteiger partial charge on any atom is -0.463 e. The van der Waals surface area contributed by atoms with Gasteiger partial charge in [-0.1, -0.05) is 0 Å². The van der Waals surface area contributed by atoms with Crippen LogP contribution in [0, 0.1) is 0 Å². The second-order valence-electron chi connectivity index (χ2n) is 21.2. The van der Waals surface area contributed by atoms with Gasteiger partial charge in [-0.3, -0.25) is 71.9 Å². The van der Waals surface area contributed by atoms with Crippen LogP contribution in [-0.4, -0.2) is 247 Å². The van der Waals surface area contributed by atoms with Crippen molar-refractivity contribution in [3.05, 3.63) is 0 Å². The maximum atomic E-state index is 14.8. The number of esters is 5. The average molecular weight is 1260 g/mol. The lowest BCUT2D eigenvalue weighted by Crippen LogP contribution is -2.71. The van der Waals surface area contributed by atoms with Crippen LogP contribution in [-0.2, 0) is 115 Å². The Balaban J connectivity index is 1.83. The number of carbonyl (C=O) groups excluding carboxylic acids is 15. The maximum absolute atomic E-state index is 14.8. The van der Waals surface area contributed by atoms with Gasteiger partial charge in [-0.15, -0.1) is 0 Å². The number of hydrogen-bond acceptors (Lipinski definition) is 25. The molecule has 0 radical (unpaired) electrons. The highest BCUT2D eigenvalue weighted by Crippen LogP contribution is 2.35. The fourth-order valence-corrected chi connectivity index (χ4v) is 10.2. The largest absolute Gasteiger partial charge is 0.463 e. The molecule has 0 aromatic carbocycles. The number of aliphatic hydroxyl groups is 1. The normalized spacial score (nSPS) is 26.5. The van der Waals surface area contributed by atoms with E-state index in [0.29, 0.717) is 12.8 Å². The molecule has 4 rings (SSSR count). The Kier molecular flexibility index (Phi) is 27.3. The van der Waals surface area contributed by atoms with Crippen molar-refractivity contribution in [1.29, 1.82) is 0 Å². The average Bonchev–Trinajstić information content (AvgIpc) is 1.13. The highest BCUT2D eigenvalue weighted by molar-refractivity contribution is 5.98. The smallest absolute Gasteiger partial charge is 0.303 e. The van der Waals surface area contributed by atoms with Gasteiger partial charge in [0.15, 0.2) is 30.9 Å². The molecule has 0 aromatic rings. The summed E-state index contributed by atoms with van der Waals surface area (Å²) in [6.45, 7) is 8.90. The predicted molar refractivity (Wildman–Crippen MR) is 291 cm³/mol. The minimum atomic E-state index is -2.03. The molecule has 4 aliphatic heterocycles. The van der Waals surface area contributed by atoms with E-state index in [4.69, 9.17) is 48.4 Å². The van der Waals surface area contributed by atoms with E-state index in [1.165, 1.54) is 30.6 Å². The van der Waals surface area contributed by atoms with Crippen LogP contribution in [0.1, 0.15) is 102 Å². The number of nitrogens with one attached hydrogen (secondary N) is 7. The summed E-state index contributed by atoms with van der Waals surface area (Å²) in [7, 11) is 0. The number of likely N-dealkylation sites (tertiary alicyclic amines) is 2. The van der Waals surface area contributed by atoms with E-state index >= 15 is 0 Å². The van der Waals surface area contributed by atoms with Gasteiger partial charge < -0.3 is 100 Å². The molecule has 4 heterocycles. The van der Waals surface area contributed by atoms with Crippen molar-refractivity contribution in [2.75, 3.05) is 39.5 Å². The molecule has 88 heavy (non-hydrogen) atoms. The lowest BCUT2D eigenvalue weighted by molar-refractivity contribution is -0.334. The van der Waals surface area contributed by atoms with Crippen LogP contribution in [0.3, 0.4) is 0 Å². The second kappa shape index (κ2) is 33.3. The fourth-order valence-electron chi connectivity index (χ4n) is 10.2. The number of aliphatic hydroxyl groups excluding tert-OH is 1. The molecule has 10 amide bonds. The van der Waals surface area contributed by atoms with Gasteiger partial charge in [-0.2, -0.15) is 0 Å². The Hall–Kier alpha value is -8.15. The molecular formula is C53H80N10O25. The SMILES string of the molecule is CC(=O)NCC(=O)NC(CO)C(=O)NC(C(=O)NC(C)C(=O)N1CCCC1C(=O)N1CCCC1C(=O)NC(C)C(N)=O)C(C)O[C@@H]1OC(COC(C)=O)[C@H](OC(C)=O)C(O[C@@H]2OC(COC(C)=O)[C@H](OC(C)=O)C(OC(C)=O)[C@H]2NC(C)=O)[C@H]1NC(C)=O. The van der Waals surface area contributed by atoms with Crippen molar-refractivity contribution in [3.8, 4) is 0 Å². The number of carbonyl (C=O) groups is 15. The Morgan fingerprint density at radius 3 is 1.57 bits per heavy atom. The third kappa shape index (κ3) is 20.8. The molecule has 35 nitrogen and oxygen atoms in total. The maximum Gasteiger partial charge on any atom is 0.303 e. The molecule has 0 aliphatic carbocycles. The minimum absolute atomic E-state index is 0.0199. The van der Waals surface area contributed by atoms with E-state index in [9.17, 15) is 77.0 Å². The van der Waals surface area contributed by atoms with Gasteiger partial charge >= 0.3 is 29.8 Å². The summed E-state index contributed by atoms with van der Waals surface area (Å²) in [6, 6.07) is -12.0. The fraction of sp³-hybridized carbons (Fsp3) is 0.717. The number of nitrogens with two attached hydrogens (primary N) is 1. The molecular weight excluding hydrogens is 1180 g/mol. The van der Waals surface area contributed by atoms with E-state index in [2.05, 4.69) is 37.2 Å². The molecule has 0 bridgehead atoms. The van der Waals surface area contributed by atoms with Gasteiger partial charge in [0.25, 0.3) is 0 Å². The predicted octanol–water partition coefficient (Wildman–Crippen LogP) is -6.27. The second-order valence-corrected chi connectivity index (χ2v) is 21.2. The molecule has 0 aromatic heterocycles. The van der Waals surface area contributed by atoms with Crippen LogP contribution in [0.4, 0.5) is 0 Å². The first-order valence-electron chi connectivity index (χ1n) is 28.1. The Morgan fingerprint density at radius 1 is 0.568 bits per heavy atom. The number of nitrogens with zero attached hydrogens (tertiary/aromatic N) is 2. The van der Waals surface area contributed by atoms with Crippen molar-refractivity contribution in [2.24, 2.45) is 5.73 Å². The van der Waals surface area contributed by atoms with Crippen molar-refractivity contribution in [1.82, 2.24) is 47.0 Å². The van der Waals surface area contributed by atoms with Crippen LogP contribution in [0.25, 0.3) is 0 Å². The van der Waals surface area contributed by atoms with Crippen molar-refractivity contribution in [2.45, 2.75) is 205 Å². The van der Waals surface area contributed by atoms with E-state index in [1.807, 2.05) is 0 Å². The Morgan fingerprint density at radius 2 is 1.07 bits per heavy atom. The first-order chi connectivity index (χ1) is 41.2. The first-order valence-corrected chi connectivity index (χ1v) is 28.1. The quantitative estimate of drug-likeness (QED) is 0.0273. The van der Waals surface area contributed by atoms with Crippen LogP contribution in [0.15, 0.2) is 0 Å². The lowest BCUT2D eigenvalue weighted by atomic mass is 9.93. The number of primary amides is 1. The molecule has 10 N–H and O–H groups in total. The molecule has 4 fully saturated rings. The summed E-state index contributed by atoms with van der Waals surface area (Å²) in [5, 5.41) is 27.2. The number of ether oxygens (including phenoxy) is 9. The van der Waals surface area contributed by atoms with Gasteiger partial charge in [-0.25, -0.2) is 0 Å². The van der Waals surface area contributed by atoms with Crippen LogP contribution < -0.4 is 43.0 Å². The van der Waals surface area contributed by atoms with Crippen molar-refractivity contribution < 1.29 is 120 Å². The highest BCUT2D eigenvalue weighted by Gasteiger charge is 2.57. The van der Waals surface area contributed by atoms with Gasteiger partial charge in [0.2, 0.25) is 59.1 Å². The molecule has 35 heteroatoms. The van der Waals surface area contributed by atoms with E-state index in [-0.39, 0.29) is 25.9 Å². The summed E-state index contributed by atoms with van der Waals surface area (Å²) >= 11 is 0. The van der Waals surface area contributed by atoms with E-state index < -0.39 is 219 Å². The van der Waals surface area contributed by atoms with Crippen molar-refractivity contribution in [3.63, 3.8) is 0 Å². The number of rotatable bonds is 27. The monoisotopic (exact) mass is 1260 g/mol. The number of amides is 10. The summed E-state index contributed by atoms with van der Waals surface area (Å²) in [4.78, 5) is 199. The summed E-state index contributed by atoms with van der Waals surface area (Å²) in [6.07, 6.45) is -14.9. The molecule has 0 spiro atoms. The Labute approximate surface area is 505 Å². The zero-order chi connectivity index (χ0) is 66.0. The van der Waals surface area contributed by atoms with Crippen LogP contribution in [0.2, 0.25) is 0 Å². The lowest BCUT2D eigenvalue weighted by Gasteiger charge is -2.50. The van der Waals surface area contributed by atoms with Crippen LogP contribution in [0.5, 0.6) is 0 Å². The zero-order valence-corrected chi connectivity index (χ0v) is 50.6. The molecule has 17 atom stereocenters. The van der Waals surface area contributed by atoms with Crippen LogP contribution >= 0.6 is 0 Å². The van der Waals surface area contributed by atoms with Gasteiger partial charge in [0.05, 0.1) is 19.3 Å². The van der Waals surface area contributed by atoms with Gasteiger partial charge in [0.1, 0.15) is 79.9 Å². The summed E-state index contributed by atoms with van der Waals surface area (Å²) < 4.78 is 52.9. The third-order valence-corrected chi connectivity index (χ3v) is 14.0. The number of hydrogen-bond donors (Lipinski definition) is 9. The van der Waals surface area contributed by atoms with Crippen molar-refractivity contribution >= 4 is 88.9 Å². The third-order valence-electron chi connectivity index (χ3n) is 14.0. The topological polar surface area (TPSA) is 476 Å². The molecule has 0 saturated carbocycles. The molecule has 4 saturated heterocycles. The summed E-state index contributed by atoms with van der Waals surface area (Å²) in [5.74, 6) is -13.3. The Bertz CT molecular complexity index is 2630. The first kappa shape index (κ1) is 72.3. The molecule has 492 valence electrons. The standard InChI is InChI=1S/C53H80N10O25/c1-22(46(54)74)56-48(76)34-14-12-16-62(34)51(79)35-15-13-17-63(35)50(78)23(2)57-49(77)39(61-47(75)33(19-64)60-38(73)18-55-25(4)65)24(3)82-52-41(59-27(6)67)45(43(84-31(10)71)37(86-52)21-81-29(8)69)88-53-40(58-26(5)66)44(85-32(11)72)42(83-30(9)70)36(87-53)20-80-28(7)68/h22-24,33-37,39-45,52-53,64H,12-21H2,1-11H3,(H2,54,74)(H,55,65)(H,56,76)(H,57,77)(H,58,66)(H,59,67)(H,60,73)(H,61,75)/t22?,23?,24?,33?,34?,35?,36?,37?,39?,40-,41-,42+,43+,44?,45?,52-,53+/m1/s1.